The minimum Gasteiger partial charge on any atom is -0.362 e. The molecule has 8 nitrogen and oxygen atoms in total. The van der Waals surface area contributed by atoms with Crippen LogP contribution >= 0.6 is 23.2 Å². The smallest absolute Gasteiger partial charge is 0.257 e. The first-order chi connectivity index (χ1) is 17.8. The molecule has 196 valence electrons. The Morgan fingerprint density at radius 2 is 1.70 bits per heavy atom. The normalized spacial score (nSPS) is 19.3. The van der Waals surface area contributed by atoms with Crippen LogP contribution < -0.4 is 15.5 Å². The number of carbonyl (C=O) groups excluding carboxylic acids is 1. The largest absolute Gasteiger partial charge is 0.362 e. The van der Waals surface area contributed by atoms with E-state index in [4.69, 9.17) is 37.7 Å². The molecule has 0 atom stereocenters. The standard InChI is InChI=1S/C27H32Cl2N6O2/c1-15-22(24(34-37-15)23-19(28)8-6-9-20(23)29)26(36)30-16-11-13-17(14-12-16)31-27-32-21-10-5-4-7-18(21)25(33-27)35(2)3/h6,8-9,16-17H,4-5,7,10-14H2,1-3H3,(H,30,36)(H,31,32,33). The van der Waals surface area contributed by atoms with Gasteiger partial charge in [-0.3, -0.25) is 4.79 Å². The number of rotatable bonds is 6. The number of hydrogen-bond donors (Lipinski definition) is 2. The summed E-state index contributed by atoms with van der Waals surface area (Å²) in [5, 5.41) is 11.7. The number of aromatic nitrogens is 3. The predicted molar refractivity (Wildman–Crippen MR) is 147 cm³/mol. The van der Waals surface area contributed by atoms with Gasteiger partial charge in [-0.25, -0.2) is 4.98 Å². The first-order valence-electron chi connectivity index (χ1n) is 12.9. The molecule has 2 aromatic heterocycles. The lowest BCUT2D eigenvalue weighted by molar-refractivity contribution is 0.0925. The maximum atomic E-state index is 13.3. The van der Waals surface area contributed by atoms with Crippen molar-refractivity contribution < 1.29 is 9.32 Å². The van der Waals surface area contributed by atoms with Crippen LogP contribution in [0.2, 0.25) is 10.0 Å². The van der Waals surface area contributed by atoms with Crippen molar-refractivity contribution in [3.63, 3.8) is 0 Å². The summed E-state index contributed by atoms with van der Waals surface area (Å²) in [4.78, 5) is 25.1. The molecular weight excluding hydrogens is 511 g/mol. The van der Waals surface area contributed by atoms with Gasteiger partial charge >= 0.3 is 0 Å². The molecule has 3 aromatic rings. The van der Waals surface area contributed by atoms with E-state index in [-0.39, 0.29) is 18.0 Å². The highest BCUT2D eigenvalue weighted by molar-refractivity contribution is 6.39. The SMILES string of the molecule is Cc1onc(-c2c(Cl)cccc2Cl)c1C(=O)NC1CCC(Nc2nc3c(c(N(C)C)n2)CCCC3)CC1. The fourth-order valence-electron chi connectivity index (χ4n) is 5.37. The highest BCUT2D eigenvalue weighted by Crippen LogP contribution is 2.37. The Hall–Kier alpha value is -2.84. The molecule has 37 heavy (non-hydrogen) atoms. The van der Waals surface area contributed by atoms with Gasteiger partial charge < -0.3 is 20.1 Å². The zero-order chi connectivity index (χ0) is 26.1. The molecule has 1 amide bonds. The molecule has 5 rings (SSSR count). The summed E-state index contributed by atoms with van der Waals surface area (Å²) in [7, 11) is 4.08. The highest BCUT2D eigenvalue weighted by Gasteiger charge is 2.29. The van der Waals surface area contributed by atoms with Crippen molar-refractivity contribution in [3.05, 3.63) is 50.8 Å². The van der Waals surface area contributed by atoms with Crippen molar-refractivity contribution in [2.24, 2.45) is 0 Å². The van der Waals surface area contributed by atoms with E-state index in [1.54, 1.807) is 25.1 Å². The zero-order valence-corrected chi connectivity index (χ0v) is 22.9. The lowest BCUT2D eigenvalue weighted by Gasteiger charge is -2.30. The van der Waals surface area contributed by atoms with Crippen LogP contribution in [0.3, 0.4) is 0 Å². The molecular formula is C27H32Cl2N6O2. The number of hydrogen-bond acceptors (Lipinski definition) is 7. The second kappa shape index (κ2) is 10.9. The molecule has 0 aliphatic heterocycles. The van der Waals surface area contributed by atoms with Crippen LogP contribution in [0.4, 0.5) is 11.8 Å². The fraction of sp³-hybridized carbons (Fsp3) is 0.481. The Bertz CT molecular complexity index is 1280. The van der Waals surface area contributed by atoms with Gasteiger partial charge in [0.2, 0.25) is 5.95 Å². The number of aryl methyl sites for hydroxylation is 2. The van der Waals surface area contributed by atoms with E-state index < -0.39 is 0 Å². The number of anilines is 2. The maximum Gasteiger partial charge on any atom is 0.257 e. The van der Waals surface area contributed by atoms with Crippen molar-refractivity contribution in [1.82, 2.24) is 20.4 Å². The van der Waals surface area contributed by atoms with E-state index in [0.29, 0.717) is 38.6 Å². The predicted octanol–water partition coefficient (Wildman–Crippen LogP) is 5.84. The lowest BCUT2D eigenvalue weighted by atomic mass is 9.91. The summed E-state index contributed by atoms with van der Waals surface area (Å²) in [6.45, 7) is 1.72. The van der Waals surface area contributed by atoms with Crippen molar-refractivity contribution in [1.29, 1.82) is 0 Å². The molecule has 2 aliphatic carbocycles. The molecule has 2 N–H and O–H groups in total. The maximum absolute atomic E-state index is 13.3. The average Bonchev–Trinajstić information content (AvgIpc) is 3.25. The molecule has 1 saturated carbocycles. The highest BCUT2D eigenvalue weighted by atomic mass is 35.5. The van der Waals surface area contributed by atoms with Crippen LogP contribution in [-0.2, 0) is 12.8 Å². The van der Waals surface area contributed by atoms with Gasteiger partial charge in [0.25, 0.3) is 5.91 Å². The number of halogens is 2. The van der Waals surface area contributed by atoms with Crippen LogP contribution in [0.15, 0.2) is 22.7 Å². The van der Waals surface area contributed by atoms with E-state index in [0.717, 1.165) is 44.3 Å². The number of fused-ring (bicyclic) bond motifs is 1. The van der Waals surface area contributed by atoms with E-state index in [2.05, 4.69) is 20.7 Å². The first-order valence-corrected chi connectivity index (χ1v) is 13.6. The molecule has 0 unspecified atom stereocenters. The quantitative estimate of drug-likeness (QED) is 0.403. The van der Waals surface area contributed by atoms with E-state index in [9.17, 15) is 4.79 Å². The Labute approximate surface area is 227 Å². The Morgan fingerprint density at radius 1 is 1.03 bits per heavy atom. The van der Waals surface area contributed by atoms with Crippen molar-refractivity contribution in [3.8, 4) is 11.3 Å². The molecule has 2 aliphatic rings. The van der Waals surface area contributed by atoms with Crippen molar-refractivity contribution in [2.75, 3.05) is 24.3 Å². The molecule has 0 spiro atoms. The van der Waals surface area contributed by atoms with Crippen molar-refractivity contribution in [2.45, 2.75) is 70.4 Å². The Balaban J connectivity index is 1.24. The summed E-state index contributed by atoms with van der Waals surface area (Å²) in [5.74, 6) is 1.93. The number of carbonyl (C=O) groups is 1. The number of benzene rings is 1. The molecule has 1 fully saturated rings. The summed E-state index contributed by atoms with van der Waals surface area (Å²) in [6.07, 6.45) is 7.95. The van der Waals surface area contributed by atoms with Crippen LogP contribution in [-0.4, -0.2) is 47.2 Å². The summed E-state index contributed by atoms with van der Waals surface area (Å²) >= 11 is 12.7. The Kier molecular flexibility index (Phi) is 7.58. The molecule has 10 heteroatoms. The van der Waals surface area contributed by atoms with Crippen LogP contribution in [0.25, 0.3) is 11.3 Å². The van der Waals surface area contributed by atoms with E-state index >= 15 is 0 Å². The van der Waals surface area contributed by atoms with Crippen LogP contribution in [0.1, 0.15) is 65.9 Å². The van der Waals surface area contributed by atoms with Gasteiger partial charge in [0.05, 0.1) is 15.7 Å². The summed E-state index contributed by atoms with van der Waals surface area (Å²) in [6, 6.07) is 5.51. The summed E-state index contributed by atoms with van der Waals surface area (Å²) in [5.41, 5.74) is 3.70. The first kappa shape index (κ1) is 25.8. The fourth-order valence-corrected chi connectivity index (χ4v) is 5.94. The Morgan fingerprint density at radius 3 is 2.41 bits per heavy atom. The third-order valence-corrected chi connectivity index (χ3v) is 7.90. The van der Waals surface area contributed by atoms with Crippen molar-refractivity contribution >= 4 is 40.9 Å². The number of amides is 1. The van der Waals surface area contributed by atoms with Gasteiger partial charge in [0, 0.05) is 37.3 Å². The van der Waals surface area contributed by atoms with Crippen LogP contribution in [0, 0.1) is 6.92 Å². The van der Waals surface area contributed by atoms with E-state index in [1.165, 1.54) is 24.1 Å². The average molecular weight is 543 g/mol. The third-order valence-electron chi connectivity index (χ3n) is 7.27. The van der Waals surface area contributed by atoms with Gasteiger partial charge in [-0.1, -0.05) is 34.4 Å². The summed E-state index contributed by atoms with van der Waals surface area (Å²) < 4.78 is 5.36. The topological polar surface area (TPSA) is 96.2 Å². The van der Waals surface area contributed by atoms with Gasteiger partial charge in [-0.15, -0.1) is 0 Å². The van der Waals surface area contributed by atoms with Gasteiger partial charge in [0.15, 0.2) is 0 Å². The number of nitrogens with zero attached hydrogens (tertiary/aromatic N) is 4. The number of nitrogens with one attached hydrogen (secondary N) is 2. The van der Waals surface area contributed by atoms with Crippen LogP contribution in [0.5, 0.6) is 0 Å². The molecule has 0 radical (unpaired) electrons. The minimum absolute atomic E-state index is 0.0520. The molecule has 2 heterocycles. The minimum atomic E-state index is -0.227. The zero-order valence-electron chi connectivity index (χ0n) is 21.4. The van der Waals surface area contributed by atoms with Gasteiger partial charge in [-0.05, 0) is 70.4 Å². The molecule has 0 saturated heterocycles. The van der Waals surface area contributed by atoms with E-state index in [1.807, 2.05) is 14.1 Å². The molecule has 1 aromatic carbocycles. The monoisotopic (exact) mass is 542 g/mol. The second-order valence-electron chi connectivity index (χ2n) is 10.1. The van der Waals surface area contributed by atoms with Gasteiger partial charge in [-0.2, -0.15) is 4.98 Å². The molecule has 0 bridgehead atoms. The second-order valence-corrected chi connectivity index (χ2v) is 10.9. The lowest BCUT2D eigenvalue weighted by Crippen LogP contribution is -2.40. The van der Waals surface area contributed by atoms with Gasteiger partial charge in [0.1, 0.15) is 22.8 Å². The third kappa shape index (κ3) is 5.41.